The monoisotopic (exact) mass is 549 g/mol. The second-order valence-electron chi connectivity index (χ2n) is 6.99. The van der Waals surface area contributed by atoms with Crippen molar-refractivity contribution in [1.29, 1.82) is 0 Å². The highest BCUT2D eigenvalue weighted by atomic mass is 35.5. The number of alkyl halides is 9. The number of hydrogen-bond acceptors (Lipinski definition) is 3. The third-order valence-electron chi connectivity index (χ3n) is 4.54. The minimum absolute atomic E-state index is 0.0451. The first kappa shape index (κ1) is 26.7. The van der Waals surface area contributed by atoms with Gasteiger partial charge in [0.05, 0.1) is 23.4 Å². The number of rotatable bonds is 4. The molecule has 0 amide bonds. The van der Waals surface area contributed by atoms with Gasteiger partial charge in [0.1, 0.15) is 5.02 Å². The van der Waals surface area contributed by atoms with E-state index in [0.717, 1.165) is 0 Å². The summed E-state index contributed by atoms with van der Waals surface area (Å²) in [6.07, 6.45) is -15.6. The van der Waals surface area contributed by atoms with Crippen molar-refractivity contribution in [2.24, 2.45) is 0 Å². The highest BCUT2D eigenvalue weighted by Gasteiger charge is 2.40. The third-order valence-corrected chi connectivity index (χ3v) is 5.13. The van der Waals surface area contributed by atoms with Crippen molar-refractivity contribution >= 4 is 34.8 Å². The molecule has 15 heteroatoms. The molecule has 3 aromatic rings. The zero-order valence-electron chi connectivity index (χ0n) is 16.7. The molecule has 0 fully saturated rings. The Kier molecular flexibility index (Phi) is 7.06. The first-order valence-electron chi connectivity index (χ1n) is 9.16. The highest BCUT2D eigenvalue weighted by Crippen LogP contribution is 2.40. The Bertz CT molecular complexity index is 1300. The van der Waals surface area contributed by atoms with Gasteiger partial charge in [0.15, 0.2) is 5.69 Å². The number of halogens is 11. The van der Waals surface area contributed by atoms with Crippen molar-refractivity contribution in [3.8, 4) is 0 Å². The summed E-state index contributed by atoms with van der Waals surface area (Å²) in [6.45, 7) is -0.552. The lowest BCUT2D eigenvalue weighted by Gasteiger charge is -2.20. The van der Waals surface area contributed by atoms with Crippen LogP contribution in [0.4, 0.5) is 51.1 Å². The maximum atomic E-state index is 13.5. The van der Waals surface area contributed by atoms with Gasteiger partial charge in [0.2, 0.25) is 5.95 Å². The number of anilines is 2. The lowest BCUT2D eigenvalue weighted by atomic mass is 10.1. The fraction of sp³-hybridized carbons (Fsp3) is 0.200. The molecule has 1 N–H and O–H groups in total. The zero-order chi connectivity index (χ0) is 26.3. The summed E-state index contributed by atoms with van der Waals surface area (Å²) in [7, 11) is 0. The van der Waals surface area contributed by atoms with Crippen LogP contribution in [0.1, 0.15) is 22.4 Å². The Morgan fingerprint density at radius 1 is 0.829 bits per heavy atom. The molecule has 35 heavy (non-hydrogen) atoms. The maximum absolute atomic E-state index is 13.5. The molecular formula is C20H10Cl2F9N3O. The summed E-state index contributed by atoms with van der Waals surface area (Å²) in [5.41, 5.74) is -7.62. The van der Waals surface area contributed by atoms with E-state index in [4.69, 9.17) is 23.2 Å². The predicted octanol–water partition coefficient (Wildman–Crippen LogP) is 7.40. The topological polar surface area (TPSA) is 46.9 Å². The van der Waals surface area contributed by atoms with Crippen LogP contribution in [0, 0.1) is 0 Å². The Morgan fingerprint density at radius 3 is 1.94 bits per heavy atom. The number of benzene rings is 2. The number of nitrogens with zero attached hydrogens (tertiary/aromatic N) is 2. The average molecular weight is 550 g/mol. The van der Waals surface area contributed by atoms with Crippen LogP contribution in [0.15, 0.2) is 47.3 Å². The predicted molar refractivity (Wildman–Crippen MR) is 109 cm³/mol. The van der Waals surface area contributed by atoms with E-state index in [2.05, 4.69) is 4.98 Å². The standard InChI is InChI=1S/C20H10Cl2F9N3O/c21-11-4-1-9(2-5-11)8-34-16(35)14(22)15(20(29,30)31)33-17(34)32-13-7-10(18(23,24)25)3-6-12(13)19(26,27)28/h1-7H,8H2,(H,32,33). The first-order chi connectivity index (χ1) is 16.0. The van der Waals surface area contributed by atoms with E-state index in [0.29, 0.717) is 4.57 Å². The smallest absolute Gasteiger partial charge is 0.325 e. The van der Waals surface area contributed by atoms with Gasteiger partial charge >= 0.3 is 18.5 Å². The maximum Gasteiger partial charge on any atom is 0.435 e. The molecule has 2 aromatic carbocycles. The quantitative estimate of drug-likeness (QED) is 0.345. The van der Waals surface area contributed by atoms with Crippen LogP contribution >= 0.6 is 23.2 Å². The molecule has 188 valence electrons. The van der Waals surface area contributed by atoms with Gasteiger partial charge in [-0.25, -0.2) is 4.98 Å². The minimum atomic E-state index is -5.30. The van der Waals surface area contributed by atoms with E-state index in [1.165, 1.54) is 24.3 Å². The molecule has 0 saturated heterocycles. The van der Waals surface area contributed by atoms with Crippen molar-refractivity contribution < 1.29 is 39.5 Å². The van der Waals surface area contributed by atoms with Gasteiger partial charge in [-0.3, -0.25) is 9.36 Å². The van der Waals surface area contributed by atoms with E-state index < -0.39 is 64.1 Å². The fourth-order valence-corrected chi connectivity index (χ4v) is 3.30. The Labute approximate surface area is 199 Å². The molecule has 0 aliphatic carbocycles. The molecule has 4 nitrogen and oxygen atoms in total. The Balaban J connectivity index is 2.26. The molecule has 0 atom stereocenters. The van der Waals surface area contributed by atoms with Crippen molar-refractivity contribution in [2.45, 2.75) is 25.1 Å². The molecule has 1 heterocycles. The van der Waals surface area contributed by atoms with E-state index in [1.807, 2.05) is 5.32 Å². The minimum Gasteiger partial charge on any atom is -0.325 e. The Hall–Kier alpha value is -2.93. The van der Waals surface area contributed by atoms with Crippen LogP contribution in [0.25, 0.3) is 0 Å². The number of hydrogen-bond donors (Lipinski definition) is 1. The summed E-state index contributed by atoms with van der Waals surface area (Å²) < 4.78 is 120. The van der Waals surface area contributed by atoms with E-state index in [9.17, 15) is 44.3 Å². The number of aromatic nitrogens is 2. The molecule has 0 aliphatic heterocycles. The molecule has 0 aliphatic rings. The van der Waals surface area contributed by atoms with Gasteiger partial charge in [0, 0.05) is 5.02 Å². The molecule has 0 unspecified atom stereocenters. The summed E-state index contributed by atoms with van der Waals surface area (Å²) in [5, 5.41) is 0.707. The van der Waals surface area contributed by atoms with Crippen molar-refractivity contribution in [2.75, 3.05) is 5.32 Å². The van der Waals surface area contributed by atoms with E-state index >= 15 is 0 Å². The van der Waals surface area contributed by atoms with E-state index in [1.54, 1.807) is 0 Å². The van der Waals surface area contributed by atoms with Gasteiger partial charge in [-0.1, -0.05) is 35.3 Å². The lowest BCUT2D eigenvalue weighted by molar-refractivity contribution is -0.141. The van der Waals surface area contributed by atoms with Gasteiger partial charge in [-0.15, -0.1) is 0 Å². The molecular weight excluding hydrogens is 540 g/mol. The van der Waals surface area contributed by atoms with Crippen molar-refractivity contribution in [1.82, 2.24) is 9.55 Å². The SMILES string of the molecule is O=c1c(Cl)c(C(F)(F)F)nc(Nc2cc(C(F)(F)F)ccc2C(F)(F)F)n1Cc1ccc(Cl)cc1. The van der Waals surface area contributed by atoms with Crippen molar-refractivity contribution in [3.05, 3.63) is 85.2 Å². The summed E-state index contributed by atoms with van der Waals surface area (Å²) in [5.74, 6) is -1.12. The van der Waals surface area contributed by atoms with Crippen LogP contribution in [-0.4, -0.2) is 9.55 Å². The molecule has 3 rings (SSSR count). The molecule has 0 saturated carbocycles. The second kappa shape index (κ2) is 9.26. The fourth-order valence-electron chi connectivity index (χ4n) is 2.93. The lowest BCUT2D eigenvalue weighted by Crippen LogP contribution is -2.29. The van der Waals surface area contributed by atoms with Gasteiger partial charge in [-0.2, -0.15) is 39.5 Å². The molecule has 0 radical (unpaired) electrons. The van der Waals surface area contributed by atoms with Crippen molar-refractivity contribution in [3.63, 3.8) is 0 Å². The normalized spacial score (nSPS) is 12.7. The Morgan fingerprint density at radius 2 is 1.43 bits per heavy atom. The first-order valence-corrected chi connectivity index (χ1v) is 9.91. The summed E-state index contributed by atoms with van der Waals surface area (Å²) in [4.78, 5) is 15.8. The zero-order valence-corrected chi connectivity index (χ0v) is 18.2. The van der Waals surface area contributed by atoms with Crippen LogP contribution in [0.5, 0.6) is 0 Å². The largest absolute Gasteiger partial charge is 0.435 e. The molecule has 1 aromatic heterocycles. The molecule has 0 bridgehead atoms. The number of nitrogens with one attached hydrogen (secondary N) is 1. The highest BCUT2D eigenvalue weighted by molar-refractivity contribution is 6.31. The van der Waals surface area contributed by atoms with Gasteiger partial charge in [-0.05, 0) is 35.9 Å². The average Bonchev–Trinajstić information content (AvgIpc) is 2.72. The van der Waals surface area contributed by atoms with Crippen LogP contribution in [-0.2, 0) is 25.1 Å². The van der Waals surface area contributed by atoms with Gasteiger partial charge in [0.25, 0.3) is 5.56 Å². The van der Waals surface area contributed by atoms with E-state index in [-0.39, 0.29) is 28.8 Å². The van der Waals surface area contributed by atoms with Gasteiger partial charge < -0.3 is 5.32 Å². The van der Waals surface area contributed by atoms with Crippen LogP contribution < -0.4 is 10.9 Å². The van der Waals surface area contributed by atoms with Crippen LogP contribution in [0.3, 0.4) is 0 Å². The molecule has 0 spiro atoms. The van der Waals surface area contributed by atoms with Crippen LogP contribution in [0.2, 0.25) is 10.0 Å². The third kappa shape index (κ3) is 6.01. The summed E-state index contributed by atoms with van der Waals surface area (Å²) >= 11 is 11.3. The second-order valence-corrected chi connectivity index (χ2v) is 7.81. The summed E-state index contributed by atoms with van der Waals surface area (Å²) in [6, 6.07) is 5.75.